The highest BCUT2D eigenvalue weighted by Crippen LogP contribution is 2.26. The van der Waals surface area contributed by atoms with E-state index in [0.29, 0.717) is 6.04 Å². The summed E-state index contributed by atoms with van der Waals surface area (Å²) < 4.78 is 0. The van der Waals surface area contributed by atoms with Gasteiger partial charge in [0.2, 0.25) is 5.91 Å². The fraction of sp³-hybridized carbons (Fsp3) is 0.625. The molecule has 114 valence electrons. The summed E-state index contributed by atoms with van der Waals surface area (Å²) in [6, 6.07) is 4.83. The first-order chi connectivity index (χ1) is 10.3. The van der Waals surface area contributed by atoms with E-state index in [-0.39, 0.29) is 11.8 Å². The number of hydrogen-bond acceptors (Lipinski definition) is 4. The minimum atomic E-state index is 0.0787. The average Bonchev–Trinajstić information content (AvgIpc) is 3.37. The molecule has 21 heavy (non-hydrogen) atoms. The third-order valence-electron chi connectivity index (χ3n) is 4.36. The first-order valence-corrected chi connectivity index (χ1v) is 7.91. The van der Waals surface area contributed by atoms with Crippen molar-refractivity contribution in [2.24, 2.45) is 5.92 Å². The van der Waals surface area contributed by atoms with Gasteiger partial charge in [0.05, 0.1) is 5.92 Å². The molecule has 1 aliphatic carbocycles. The molecule has 1 unspecified atom stereocenters. The molecule has 1 amide bonds. The lowest BCUT2D eigenvalue weighted by molar-refractivity contribution is -0.124. The number of nitrogens with zero attached hydrogens (tertiary/aromatic N) is 2. The molecule has 1 saturated carbocycles. The molecule has 0 bridgehead atoms. The van der Waals surface area contributed by atoms with E-state index >= 15 is 0 Å². The van der Waals surface area contributed by atoms with Crippen LogP contribution < -0.4 is 15.5 Å². The number of rotatable bonds is 5. The Morgan fingerprint density at radius 3 is 3.05 bits per heavy atom. The Hall–Kier alpha value is -1.62. The number of amides is 1. The van der Waals surface area contributed by atoms with Gasteiger partial charge >= 0.3 is 0 Å². The van der Waals surface area contributed by atoms with Crippen LogP contribution in [0.2, 0.25) is 0 Å². The fourth-order valence-corrected chi connectivity index (χ4v) is 2.98. The van der Waals surface area contributed by atoms with Crippen LogP contribution in [0.3, 0.4) is 0 Å². The molecular weight excluding hydrogens is 264 g/mol. The van der Waals surface area contributed by atoms with Gasteiger partial charge in [-0.2, -0.15) is 0 Å². The lowest BCUT2D eigenvalue weighted by atomic mass is 9.97. The van der Waals surface area contributed by atoms with Crippen LogP contribution >= 0.6 is 0 Å². The van der Waals surface area contributed by atoms with E-state index in [0.717, 1.165) is 38.3 Å². The summed E-state index contributed by atoms with van der Waals surface area (Å²) in [5, 5.41) is 6.32. The zero-order valence-corrected chi connectivity index (χ0v) is 12.6. The second kappa shape index (κ2) is 6.43. The van der Waals surface area contributed by atoms with Crippen LogP contribution in [-0.2, 0) is 11.3 Å². The highest BCUT2D eigenvalue weighted by molar-refractivity contribution is 5.79. The van der Waals surface area contributed by atoms with Gasteiger partial charge in [0.25, 0.3) is 0 Å². The largest absolute Gasteiger partial charge is 0.359 e. The van der Waals surface area contributed by atoms with Gasteiger partial charge in [0.1, 0.15) is 5.82 Å². The molecule has 3 rings (SSSR count). The predicted molar refractivity (Wildman–Crippen MR) is 83.1 cm³/mol. The number of carbonyl (C=O) groups excluding carboxylic acids is 1. The van der Waals surface area contributed by atoms with Crippen LogP contribution in [0.5, 0.6) is 0 Å². The van der Waals surface area contributed by atoms with Gasteiger partial charge in [-0.25, -0.2) is 4.98 Å². The number of aromatic nitrogens is 1. The van der Waals surface area contributed by atoms with Crippen molar-refractivity contribution in [2.75, 3.05) is 25.0 Å². The van der Waals surface area contributed by atoms with Gasteiger partial charge in [-0.3, -0.25) is 4.79 Å². The molecule has 0 aromatic carbocycles. The van der Waals surface area contributed by atoms with Crippen molar-refractivity contribution < 1.29 is 4.79 Å². The van der Waals surface area contributed by atoms with Crippen LogP contribution in [0.15, 0.2) is 18.3 Å². The summed E-state index contributed by atoms with van der Waals surface area (Å²) in [6.45, 7) is 2.63. The molecule has 1 atom stereocenters. The molecule has 2 aliphatic rings. The van der Waals surface area contributed by atoms with E-state index in [4.69, 9.17) is 0 Å². The number of carbonyl (C=O) groups is 1. The van der Waals surface area contributed by atoms with E-state index in [1.807, 2.05) is 12.3 Å². The van der Waals surface area contributed by atoms with E-state index in [1.54, 1.807) is 7.05 Å². The monoisotopic (exact) mass is 288 g/mol. The number of pyridine rings is 1. The molecule has 1 saturated heterocycles. The third-order valence-corrected chi connectivity index (χ3v) is 4.36. The standard InChI is InChI=1S/C16H24N4O/c1-17-16(21)13-5-3-9-20(11-13)15-12(4-2-8-18-15)10-19-14-6-7-14/h2,4,8,13-14,19H,3,5-7,9-11H2,1H3,(H,17,21). The number of hydrogen-bond donors (Lipinski definition) is 2. The summed E-state index contributed by atoms with van der Waals surface area (Å²) in [4.78, 5) is 18.7. The van der Waals surface area contributed by atoms with E-state index in [9.17, 15) is 4.79 Å². The predicted octanol–water partition coefficient (Wildman–Crippen LogP) is 1.30. The number of anilines is 1. The Kier molecular flexibility index (Phi) is 4.39. The zero-order chi connectivity index (χ0) is 14.7. The summed E-state index contributed by atoms with van der Waals surface area (Å²) in [6.07, 6.45) is 6.44. The first kappa shape index (κ1) is 14.3. The quantitative estimate of drug-likeness (QED) is 0.857. The van der Waals surface area contributed by atoms with Crippen molar-refractivity contribution in [2.45, 2.75) is 38.3 Å². The van der Waals surface area contributed by atoms with Crippen LogP contribution in [0.1, 0.15) is 31.2 Å². The molecule has 0 radical (unpaired) electrons. The van der Waals surface area contributed by atoms with Crippen molar-refractivity contribution >= 4 is 11.7 Å². The molecule has 2 N–H and O–H groups in total. The maximum atomic E-state index is 11.9. The smallest absolute Gasteiger partial charge is 0.224 e. The molecule has 0 spiro atoms. The SMILES string of the molecule is CNC(=O)C1CCCN(c2ncccc2CNC2CC2)C1. The second-order valence-electron chi connectivity index (χ2n) is 6.04. The minimum Gasteiger partial charge on any atom is -0.359 e. The lowest BCUT2D eigenvalue weighted by Crippen LogP contribution is -2.43. The third kappa shape index (κ3) is 3.53. The van der Waals surface area contributed by atoms with Crippen LogP contribution in [0, 0.1) is 5.92 Å². The summed E-state index contributed by atoms with van der Waals surface area (Å²) in [5.74, 6) is 1.27. The van der Waals surface area contributed by atoms with Crippen molar-refractivity contribution in [1.29, 1.82) is 0 Å². The fourth-order valence-electron chi connectivity index (χ4n) is 2.98. The molecule has 1 aromatic rings. The molecule has 5 nitrogen and oxygen atoms in total. The molecule has 5 heteroatoms. The van der Waals surface area contributed by atoms with Crippen LogP contribution in [0.4, 0.5) is 5.82 Å². The Balaban J connectivity index is 1.70. The van der Waals surface area contributed by atoms with Gasteiger partial charge in [-0.05, 0) is 31.7 Å². The van der Waals surface area contributed by atoms with Crippen LogP contribution in [-0.4, -0.2) is 37.1 Å². The minimum absolute atomic E-state index is 0.0787. The van der Waals surface area contributed by atoms with Crippen molar-refractivity contribution in [3.05, 3.63) is 23.9 Å². The van der Waals surface area contributed by atoms with Gasteiger partial charge in [0, 0.05) is 44.5 Å². The summed E-state index contributed by atoms with van der Waals surface area (Å²) in [5.41, 5.74) is 1.24. The average molecular weight is 288 g/mol. The Morgan fingerprint density at radius 2 is 2.29 bits per heavy atom. The van der Waals surface area contributed by atoms with E-state index in [1.165, 1.54) is 18.4 Å². The number of nitrogens with one attached hydrogen (secondary N) is 2. The maximum absolute atomic E-state index is 11.9. The molecule has 1 aromatic heterocycles. The van der Waals surface area contributed by atoms with Gasteiger partial charge in [-0.15, -0.1) is 0 Å². The van der Waals surface area contributed by atoms with Gasteiger partial charge < -0.3 is 15.5 Å². The highest BCUT2D eigenvalue weighted by atomic mass is 16.1. The Labute approximate surface area is 126 Å². The normalized spacial score (nSPS) is 22.1. The van der Waals surface area contributed by atoms with Crippen molar-refractivity contribution in [3.63, 3.8) is 0 Å². The zero-order valence-electron chi connectivity index (χ0n) is 12.6. The molecular formula is C16H24N4O. The van der Waals surface area contributed by atoms with Crippen molar-refractivity contribution in [1.82, 2.24) is 15.6 Å². The molecule has 1 aliphatic heterocycles. The summed E-state index contributed by atoms with van der Waals surface area (Å²) in [7, 11) is 1.72. The van der Waals surface area contributed by atoms with Gasteiger partial charge in [0.15, 0.2) is 0 Å². The van der Waals surface area contributed by atoms with Crippen molar-refractivity contribution in [3.8, 4) is 0 Å². The molecule has 2 heterocycles. The maximum Gasteiger partial charge on any atom is 0.224 e. The summed E-state index contributed by atoms with van der Waals surface area (Å²) >= 11 is 0. The van der Waals surface area contributed by atoms with E-state index in [2.05, 4.69) is 26.6 Å². The Morgan fingerprint density at radius 1 is 1.43 bits per heavy atom. The second-order valence-corrected chi connectivity index (χ2v) is 6.04. The number of piperidine rings is 1. The topological polar surface area (TPSA) is 57.3 Å². The Bertz CT molecular complexity index is 501. The first-order valence-electron chi connectivity index (χ1n) is 7.91. The molecule has 2 fully saturated rings. The highest BCUT2D eigenvalue weighted by Gasteiger charge is 2.27. The van der Waals surface area contributed by atoms with Crippen LogP contribution in [0.25, 0.3) is 0 Å². The van der Waals surface area contributed by atoms with E-state index < -0.39 is 0 Å². The lowest BCUT2D eigenvalue weighted by Gasteiger charge is -2.33. The van der Waals surface area contributed by atoms with Gasteiger partial charge in [-0.1, -0.05) is 6.07 Å².